The molecule has 0 heterocycles. The van der Waals surface area contributed by atoms with Crippen molar-refractivity contribution in [3.05, 3.63) is 0 Å². The molecule has 0 amide bonds. The van der Waals surface area contributed by atoms with Crippen LogP contribution in [0.15, 0.2) is 0 Å². The maximum Gasteiger partial charge on any atom is 0.307 e. The lowest BCUT2D eigenvalue weighted by molar-refractivity contribution is -0.143. The first kappa shape index (κ1) is 16.9. The number of carbonyl (C=O) groups excluding carboxylic acids is 1. The molecule has 0 aromatic heterocycles. The summed E-state index contributed by atoms with van der Waals surface area (Å²) in [6.07, 6.45) is -0.253. The van der Waals surface area contributed by atoms with E-state index in [2.05, 4.69) is 9.46 Å². The molecule has 0 aliphatic heterocycles. The van der Waals surface area contributed by atoms with Gasteiger partial charge in [-0.2, -0.15) is 0 Å². The number of carbonyl (C=O) groups is 2. The monoisotopic (exact) mass is 281 g/mol. The van der Waals surface area contributed by atoms with Crippen molar-refractivity contribution < 1.29 is 27.9 Å². The summed E-state index contributed by atoms with van der Waals surface area (Å²) in [5.74, 6) is -2.94. The molecular formula is C10H19NO6S. The minimum Gasteiger partial charge on any atom is -0.481 e. The SMILES string of the molecule is CCOC(=O)CCS(=O)(=O)NC(C)C(C)C(=O)O. The first-order valence-corrected chi connectivity index (χ1v) is 7.23. The van der Waals surface area contributed by atoms with Crippen molar-refractivity contribution >= 4 is 22.0 Å². The second-order valence-corrected chi connectivity index (χ2v) is 5.78. The number of carboxylic acids is 1. The molecular weight excluding hydrogens is 262 g/mol. The van der Waals surface area contributed by atoms with Crippen LogP contribution >= 0.6 is 0 Å². The summed E-state index contributed by atoms with van der Waals surface area (Å²) in [6, 6.07) is -0.741. The van der Waals surface area contributed by atoms with Gasteiger partial charge in [-0.15, -0.1) is 0 Å². The maximum atomic E-state index is 11.6. The fraction of sp³-hybridized carbons (Fsp3) is 0.800. The molecule has 0 saturated heterocycles. The molecule has 2 atom stereocenters. The van der Waals surface area contributed by atoms with Crippen molar-refractivity contribution in [1.29, 1.82) is 0 Å². The van der Waals surface area contributed by atoms with Crippen molar-refractivity contribution in [3.8, 4) is 0 Å². The lowest BCUT2D eigenvalue weighted by Gasteiger charge is -2.17. The zero-order valence-electron chi connectivity index (χ0n) is 10.7. The molecule has 0 aliphatic carbocycles. The predicted molar refractivity (Wildman–Crippen MR) is 64.4 cm³/mol. The van der Waals surface area contributed by atoms with Crippen LogP contribution in [0, 0.1) is 5.92 Å². The highest BCUT2D eigenvalue weighted by atomic mass is 32.2. The van der Waals surface area contributed by atoms with E-state index in [1.165, 1.54) is 13.8 Å². The van der Waals surface area contributed by atoms with Crippen LogP contribution in [-0.4, -0.2) is 43.9 Å². The summed E-state index contributed by atoms with van der Waals surface area (Å²) in [7, 11) is -3.69. The first-order valence-electron chi connectivity index (χ1n) is 5.58. The molecule has 2 unspecified atom stereocenters. The molecule has 0 saturated carbocycles. The quantitative estimate of drug-likeness (QED) is 0.604. The Bertz CT molecular complexity index is 391. The van der Waals surface area contributed by atoms with Crippen LogP contribution in [0.5, 0.6) is 0 Å². The van der Waals surface area contributed by atoms with Crippen LogP contribution < -0.4 is 4.72 Å². The molecule has 8 heteroatoms. The van der Waals surface area contributed by atoms with Crippen molar-refractivity contribution in [1.82, 2.24) is 4.72 Å². The van der Waals surface area contributed by atoms with Gasteiger partial charge in [-0.05, 0) is 13.8 Å². The average molecular weight is 281 g/mol. The second kappa shape index (κ2) is 7.32. The summed E-state index contributed by atoms with van der Waals surface area (Å²) in [5.41, 5.74) is 0. The fourth-order valence-corrected chi connectivity index (χ4v) is 2.43. The van der Waals surface area contributed by atoms with E-state index in [0.717, 1.165) is 0 Å². The number of hydrogen-bond donors (Lipinski definition) is 2. The highest BCUT2D eigenvalue weighted by Crippen LogP contribution is 2.05. The predicted octanol–water partition coefficient (Wildman–Crippen LogP) is -0.0318. The van der Waals surface area contributed by atoms with Gasteiger partial charge in [-0.1, -0.05) is 6.92 Å². The van der Waals surface area contributed by atoms with Gasteiger partial charge in [-0.25, -0.2) is 13.1 Å². The van der Waals surface area contributed by atoms with Gasteiger partial charge in [0.05, 0.1) is 24.7 Å². The van der Waals surface area contributed by atoms with E-state index in [9.17, 15) is 18.0 Å². The Morgan fingerprint density at radius 3 is 2.33 bits per heavy atom. The maximum absolute atomic E-state index is 11.6. The van der Waals surface area contributed by atoms with E-state index in [1.54, 1.807) is 6.92 Å². The minimum atomic E-state index is -3.69. The highest BCUT2D eigenvalue weighted by molar-refractivity contribution is 7.89. The van der Waals surface area contributed by atoms with Crippen molar-refractivity contribution in [2.45, 2.75) is 33.2 Å². The van der Waals surface area contributed by atoms with E-state index >= 15 is 0 Å². The third kappa shape index (κ3) is 6.55. The average Bonchev–Trinajstić information content (AvgIpc) is 2.25. The van der Waals surface area contributed by atoms with Crippen LogP contribution in [0.25, 0.3) is 0 Å². The Morgan fingerprint density at radius 2 is 1.89 bits per heavy atom. The Labute approximate surface area is 107 Å². The van der Waals surface area contributed by atoms with Crippen molar-refractivity contribution in [2.24, 2.45) is 5.92 Å². The molecule has 2 N–H and O–H groups in total. The van der Waals surface area contributed by atoms with Crippen LogP contribution in [0.2, 0.25) is 0 Å². The molecule has 0 bridgehead atoms. The zero-order chi connectivity index (χ0) is 14.3. The van der Waals surface area contributed by atoms with Gasteiger partial charge < -0.3 is 9.84 Å². The number of rotatable bonds is 8. The Hall–Kier alpha value is -1.15. The molecule has 106 valence electrons. The summed E-state index contributed by atoms with van der Waals surface area (Å²) in [6.45, 7) is 4.68. The molecule has 18 heavy (non-hydrogen) atoms. The standard InChI is InChI=1S/C10H19NO6S/c1-4-17-9(12)5-6-18(15,16)11-8(3)7(2)10(13)14/h7-8,11H,4-6H2,1-3H3,(H,13,14). The number of hydrogen-bond acceptors (Lipinski definition) is 5. The first-order chi connectivity index (χ1) is 8.19. The van der Waals surface area contributed by atoms with Crippen LogP contribution in [0.1, 0.15) is 27.2 Å². The lowest BCUT2D eigenvalue weighted by Crippen LogP contribution is -2.41. The van der Waals surface area contributed by atoms with Gasteiger partial charge >= 0.3 is 11.9 Å². The van der Waals surface area contributed by atoms with Gasteiger partial charge in [-0.3, -0.25) is 9.59 Å². The van der Waals surface area contributed by atoms with Crippen molar-refractivity contribution in [3.63, 3.8) is 0 Å². The molecule has 0 aliphatic rings. The highest BCUT2D eigenvalue weighted by Gasteiger charge is 2.24. The molecule has 0 spiro atoms. The van der Waals surface area contributed by atoms with E-state index in [-0.39, 0.29) is 13.0 Å². The zero-order valence-corrected chi connectivity index (χ0v) is 11.5. The Kier molecular flexibility index (Phi) is 6.85. The third-order valence-electron chi connectivity index (χ3n) is 2.39. The number of aliphatic carboxylic acids is 1. The number of esters is 1. The summed E-state index contributed by atoms with van der Waals surface area (Å²) >= 11 is 0. The Morgan fingerprint density at radius 1 is 1.33 bits per heavy atom. The van der Waals surface area contributed by atoms with E-state index < -0.39 is 39.7 Å². The Balaban J connectivity index is 4.31. The van der Waals surface area contributed by atoms with Crippen molar-refractivity contribution in [2.75, 3.05) is 12.4 Å². The van der Waals surface area contributed by atoms with Gasteiger partial charge in [0, 0.05) is 6.04 Å². The van der Waals surface area contributed by atoms with Gasteiger partial charge in [0.1, 0.15) is 0 Å². The number of ether oxygens (including phenoxy) is 1. The fourth-order valence-electron chi connectivity index (χ4n) is 1.11. The van der Waals surface area contributed by atoms with Gasteiger partial charge in [0.2, 0.25) is 10.0 Å². The van der Waals surface area contributed by atoms with Gasteiger partial charge in [0.15, 0.2) is 0 Å². The van der Waals surface area contributed by atoms with Crippen LogP contribution in [-0.2, 0) is 24.3 Å². The topological polar surface area (TPSA) is 110 Å². The van der Waals surface area contributed by atoms with Gasteiger partial charge in [0.25, 0.3) is 0 Å². The van der Waals surface area contributed by atoms with E-state index in [0.29, 0.717) is 0 Å². The van der Waals surface area contributed by atoms with Crippen LogP contribution in [0.4, 0.5) is 0 Å². The number of carboxylic acid groups (broad SMARTS) is 1. The molecule has 0 aromatic carbocycles. The van der Waals surface area contributed by atoms with E-state index in [4.69, 9.17) is 5.11 Å². The molecule has 7 nitrogen and oxygen atoms in total. The minimum absolute atomic E-state index is 0.193. The molecule has 0 radical (unpaired) electrons. The molecule has 0 aromatic rings. The lowest BCUT2D eigenvalue weighted by atomic mass is 10.1. The van der Waals surface area contributed by atoms with E-state index in [1.807, 2.05) is 0 Å². The number of sulfonamides is 1. The number of nitrogens with one attached hydrogen (secondary N) is 1. The second-order valence-electron chi connectivity index (χ2n) is 3.91. The smallest absolute Gasteiger partial charge is 0.307 e. The molecule has 0 fully saturated rings. The normalized spacial score (nSPS) is 14.8. The summed E-state index contributed by atoms with van der Waals surface area (Å²) in [5, 5.41) is 8.73. The molecule has 0 rings (SSSR count). The third-order valence-corrected chi connectivity index (χ3v) is 3.86. The summed E-state index contributed by atoms with van der Waals surface area (Å²) in [4.78, 5) is 21.7. The van der Waals surface area contributed by atoms with Crippen LogP contribution in [0.3, 0.4) is 0 Å². The largest absolute Gasteiger partial charge is 0.481 e. The summed E-state index contributed by atoms with van der Waals surface area (Å²) < 4.78 is 30.0.